The molecule has 0 aromatic carbocycles. The molecule has 1 atom stereocenters. The van der Waals surface area contributed by atoms with E-state index < -0.39 is 0 Å². The van der Waals surface area contributed by atoms with Crippen LogP contribution in [0, 0.1) is 12.8 Å². The summed E-state index contributed by atoms with van der Waals surface area (Å²) in [6, 6.07) is 5.82. The highest BCUT2D eigenvalue weighted by atomic mass is 32.1. The summed E-state index contributed by atoms with van der Waals surface area (Å²) in [5.41, 5.74) is 3.42. The number of aliphatic hydroxyl groups excluding tert-OH is 1. The van der Waals surface area contributed by atoms with E-state index in [0.29, 0.717) is 12.1 Å². The highest BCUT2D eigenvalue weighted by Crippen LogP contribution is 2.23. The van der Waals surface area contributed by atoms with E-state index in [9.17, 15) is 9.90 Å². The van der Waals surface area contributed by atoms with Crippen molar-refractivity contribution in [2.45, 2.75) is 19.8 Å². The highest BCUT2D eigenvalue weighted by molar-refractivity contribution is 7.08. The van der Waals surface area contributed by atoms with Crippen molar-refractivity contribution in [3.05, 3.63) is 40.2 Å². The Bertz CT molecular complexity index is 655. The van der Waals surface area contributed by atoms with Gasteiger partial charge in [0, 0.05) is 30.6 Å². The number of piperidine rings is 1. The molecule has 0 bridgehead atoms. The van der Waals surface area contributed by atoms with Crippen LogP contribution in [0.1, 0.15) is 28.9 Å². The summed E-state index contributed by atoms with van der Waals surface area (Å²) in [5.74, 6) is 0.232. The lowest BCUT2D eigenvalue weighted by Crippen LogP contribution is -2.41. The van der Waals surface area contributed by atoms with Crippen LogP contribution in [0.15, 0.2) is 29.0 Å². The molecule has 5 heteroatoms. The summed E-state index contributed by atoms with van der Waals surface area (Å²) < 4.78 is 0. The molecular weight excluding hydrogens is 296 g/mol. The van der Waals surface area contributed by atoms with Gasteiger partial charge >= 0.3 is 0 Å². The Morgan fingerprint density at radius 2 is 2.32 bits per heavy atom. The van der Waals surface area contributed by atoms with Gasteiger partial charge < -0.3 is 10.0 Å². The Balaban J connectivity index is 1.81. The molecule has 0 spiro atoms. The molecule has 1 saturated heterocycles. The van der Waals surface area contributed by atoms with Gasteiger partial charge in [0.15, 0.2) is 0 Å². The number of thiophene rings is 1. The molecule has 1 amide bonds. The van der Waals surface area contributed by atoms with E-state index in [2.05, 4.69) is 10.4 Å². The van der Waals surface area contributed by atoms with Crippen molar-refractivity contribution < 1.29 is 9.90 Å². The maximum Gasteiger partial charge on any atom is 0.255 e. The minimum absolute atomic E-state index is 0.0278. The van der Waals surface area contributed by atoms with E-state index in [0.717, 1.165) is 36.3 Å². The van der Waals surface area contributed by atoms with Gasteiger partial charge in [0.2, 0.25) is 0 Å². The average molecular weight is 316 g/mol. The van der Waals surface area contributed by atoms with Crippen LogP contribution in [0.25, 0.3) is 11.3 Å². The fourth-order valence-electron chi connectivity index (χ4n) is 2.93. The number of amides is 1. The summed E-state index contributed by atoms with van der Waals surface area (Å²) in [6.45, 7) is 3.44. The van der Waals surface area contributed by atoms with Crippen molar-refractivity contribution in [1.29, 1.82) is 0 Å². The minimum atomic E-state index is 0.0278. The number of carbonyl (C=O) groups excluding carboxylic acids is 1. The predicted octanol–water partition coefficient (Wildman–Crippen LogP) is 2.96. The largest absolute Gasteiger partial charge is 0.396 e. The van der Waals surface area contributed by atoms with E-state index in [1.807, 2.05) is 35.4 Å². The van der Waals surface area contributed by atoms with Gasteiger partial charge in [0.1, 0.15) is 0 Å². The summed E-state index contributed by atoms with van der Waals surface area (Å²) in [7, 11) is 0. The highest BCUT2D eigenvalue weighted by Gasteiger charge is 2.25. The molecule has 1 fully saturated rings. The number of hydrogen-bond donors (Lipinski definition) is 1. The maximum absolute atomic E-state index is 12.7. The van der Waals surface area contributed by atoms with E-state index >= 15 is 0 Å². The number of aryl methyl sites for hydroxylation is 1. The number of carbonyl (C=O) groups is 1. The molecule has 0 radical (unpaired) electrons. The fourth-order valence-corrected chi connectivity index (χ4v) is 3.58. The summed E-state index contributed by atoms with van der Waals surface area (Å²) in [5, 5.41) is 13.4. The van der Waals surface area contributed by atoms with Crippen molar-refractivity contribution >= 4 is 17.2 Å². The lowest BCUT2D eigenvalue weighted by atomic mass is 9.98. The van der Waals surface area contributed by atoms with E-state index in [1.165, 1.54) is 0 Å². The van der Waals surface area contributed by atoms with E-state index in [1.54, 1.807) is 11.3 Å². The van der Waals surface area contributed by atoms with Crippen LogP contribution in [0.5, 0.6) is 0 Å². The molecule has 116 valence electrons. The Morgan fingerprint density at radius 1 is 1.45 bits per heavy atom. The first-order valence-corrected chi connectivity index (χ1v) is 8.53. The second kappa shape index (κ2) is 6.58. The normalized spacial score (nSPS) is 18.5. The van der Waals surface area contributed by atoms with Gasteiger partial charge in [-0.05, 0) is 49.3 Å². The van der Waals surface area contributed by atoms with Crippen LogP contribution < -0.4 is 0 Å². The zero-order valence-corrected chi connectivity index (χ0v) is 13.5. The van der Waals surface area contributed by atoms with Gasteiger partial charge in [-0.3, -0.25) is 9.78 Å². The third kappa shape index (κ3) is 3.05. The van der Waals surface area contributed by atoms with Crippen molar-refractivity contribution in [1.82, 2.24) is 9.88 Å². The lowest BCUT2D eigenvalue weighted by Gasteiger charge is -2.32. The minimum Gasteiger partial charge on any atom is -0.396 e. The third-order valence-electron chi connectivity index (χ3n) is 4.20. The Hall–Kier alpha value is -1.72. The van der Waals surface area contributed by atoms with Gasteiger partial charge in [0.05, 0.1) is 17.0 Å². The molecule has 4 nitrogen and oxygen atoms in total. The fraction of sp³-hybridized carbons (Fsp3) is 0.412. The molecular formula is C17H20N2O2S. The molecule has 1 unspecified atom stereocenters. The summed E-state index contributed by atoms with van der Waals surface area (Å²) >= 11 is 1.64. The van der Waals surface area contributed by atoms with Gasteiger partial charge in [-0.15, -0.1) is 0 Å². The van der Waals surface area contributed by atoms with Crippen molar-refractivity contribution in [3.8, 4) is 11.3 Å². The quantitative estimate of drug-likeness (QED) is 0.947. The number of hydrogen-bond acceptors (Lipinski definition) is 4. The van der Waals surface area contributed by atoms with Crippen LogP contribution >= 0.6 is 11.3 Å². The molecule has 2 aromatic heterocycles. The monoisotopic (exact) mass is 316 g/mol. The summed E-state index contributed by atoms with van der Waals surface area (Å²) in [6.07, 6.45) is 1.95. The molecule has 2 aromatic rings. The summed E-state index contributed by atoms with van der Waals surface area (Å²) in [4.78, 5) is 19.1. The van der Waals surface area contributed by atoms with Crippen molar-refractivity contribution in [3.63, 3.8) is 0 Å². The third-order valence-corrected chi connectivity index (χ3v) is 4.88. The SMILES string of the molecule is Cc1nc(-c2ccsc2)ccc1C(=O)N1CCCC(CO)C1. The second-order valence-electron chi connectivity index (χ2n) is 5.78. The molecule has 0 aliphatic carbocycles. The van der Waals surface area contributed by atoms with E-state index in [4.69, 9.17) is 0 Å². The molecule has 0 saturated carbocycles. The zero-order valence-electron chi connectivity index (χ0n) is 12.7. The maximum atomic E-state index is 12.7. The first-order chi connectivity index (χ1) is 10.7. The standard InChI is InChI=1S/C17H20N2O2S/c1-12-15(4-5-16(18-12)14-6-8-22-11-14)17(21)19-7-2-3-13(9-19)10-20/h4-6,8,11,13,20H,2-3,7,9-10H2,1H3. The molecule has 3 rings (SSSR count). The Labute approximate surface area is 134 Å². The zero-order chi connectivity index (χ0) is 15.5. The topological polar surface area (TPSA) is 53.4 Å². The van der Waals surface area contributed by atoms with Gasteiger partial charge in [-0.1, -0.05) is 0 Å². The van der Waals surface area contributed by atoms with Crippen molar-refractivity contribution in [2.75, 3.05) is 19.7 Å². The van der Waals surface area contributed by atoms with Crippen LogP contribution in [0.4, 0.5) is 0 Å². The first kappa shape index (κ1) is 15.2. The molecule has 1 aliphatic heterocycles. The van der Waals surface area contributed by atoms with Gasteiger partial charge in [0.25, 0.3) is 5.91 Å². The molecule has 1 aliphatic rings. The smallest absolute Gasteiger partial charge is 0.255 e. The Kier molecular flexibility index (Phi) is 4.55. The number of aliphatic hydroxyl groups is 1. The first-order valence-electron chi connectivity index (χ1n) is 7.59. The van der Waals surface area contributed by atoms with Gasteiger partial charge in [-0.25, -0.2) is 0 Å². The second-order valence-corrected chi connectivity index (χ2v) is 6.56. The van der Waals surface area contributed by atoms with Crippen LogP contribution in [-0.4, -0.2) is 40.6 Å². The predicted molar refractivity (Wildman–Crippen MR) is 88.0 cm³/mol. The van der Waals surface area contributed by atoms with Crippen molar-refractivity contribution in [2.24, 2.45) is 5.92 Å². The number of rotatable bonds is 3. The van der Waals surface area contributed by atoms with E-state index in [-0.39, 0.29) is 18.4 Å². The van der Waals surface area contributed by atoms with Crippen LogP contribution in [-0.2, 0) is 0 Å². The van der Waals surface area contributed by atoms with Gasteiger partial charge in [-0.2, -0.15) is 11.3 Å². The number of pyridine rings is 1. The molecule has 1 N–H and O–H groups in total. The van der Waals surface area contributed by atoms with Crippen LogP contribution in [0.3, 0.4) is 0 Å². The number of likely N-dealkylation sites (tertiary alicyclic amines) is 1. The Morgan fingerprint density at radius 3 is 3.00 bits per heavy atom. The number of aromatic nitrogens is 1. The number of nitrogens with zero attached hydrogens (tertiary/aromatic N) is 2. The molecule has 3 heterocycles. The lowest BCUT2D eigenvalue weighted by molar-refractivity contribution is 0.0619. The van der Waals surface area contributed by atoms with Crippen LogP contribution in [0.2, 0.25) is 0 Å². The molecule has 22 heavy (non-hydrogen) atoms. The average Bonchev–Trinajstić information content (AvgIpc) is 3.08.